The van der Waals surface area contributed by atoms with Gasteiger partial charge in [0.05, 0.1) is 21.6 Å². The molecular formula is C17H10BrF3N4OS2. The molecule has 4 heterocycles. The number of hydrogen-bond acceptors (Lipinski definition) is 5. The van der Waals surface area contributed by atoms with E-state index in [2.05, 4.69) is 31.3 Å². The van der Waals surface area contributed by atoms with Crippen molar-refractivity contribution in [1.82, 2.24) is 19.9 Å². The Balaban J connectivity index is 1.79. The lowest BCUT2D eigenvalue weighted by Gasteiger charge is -2.10. The molecule has 0 bridgehead atoms. The van der Waals surface area contributed by atoms with Crippen LogP contribution in [0, 0.1) is 0 Å². The molecule has 28 heavy (non-hydrogen) atoms. The van der Waals surface area contributed by atoms with Crippen molar-refractivity contribution < 1.29 is 18.0 Å². The van der Waals surface area contributed by atoms with Crippen molar-refractivity contribution in [2.45, 2.75) is 12.7 Å². The second-order valence-corrected chi connectivity index (χ2v) is 8.43. The zero-order valence-corrected chi connectivity index (χ0v) is 17.0. The summed E-state index contributed by atoms with van der Waals surface area (Å²) in [5.41, 5.74) is -1.06. The number of hydrogen-bond donors (Lipinski definition) is 1. The van der Waals surface area contributed by atoms with Crippen LogP contribution >= 0.6 is 38.6 Å². The average molecular weight is 487 g/mol. The van der Waals surface area contributed by atoms with E-state index in [1.165, 1.54) is 22.7 Å². The van der Waals surface area contributed by atoms with Gasteiger partial charge in [0.2, 0.25) is 0 Å². The predicted molar refractivity (Wildman–Crippen MR) is 104 cm³/mol. The van der Waals surface area contributed by atoms with Crippen molar-refractivity contribution in [3.8, 4) is 10.6 Å². The first-order valence-electron chi connectivity index (χ1n) is 7.85. The van der Waals surface area contributed by atoms with E-state index in [1.807, 2.05) is 17.5 Å². The van der Waals surface area contributed by atoms with Crippen LogP contribution in [0.2, 0.25) is 0 Å². The zero-order valence-electron chi connectivity index (χ0n) is 13.8. The highest BCUT2D eigenvalue weighted by Gasteiger charge is 2.36. The number of alkyl halides is 3. The molecule has 4 aromatic rings. The number of aromatic nitrogens is 3. The summed E-state index contributed by atoms with van der Waals surface area (Å²) >= 11 is 5.94. The van der Waals surface area contributed by atoms with E-state index in [0.29, 0.717) is 9.39 Å². The van der Waals surface area contributed by atoms with Gasteiger partial charge in [0.25, 0.3) is 5.91 Å². The van der Waals surface area contributed by atoms with Gasteiger partial charge in [0.1, 0.15) is 0 Å². The second-order valence-electron chi connectivity index (χ2n) is 5.66. The number of nitrogens with one attached hydrogen (secondary N) is 1. The molecular weight excluding hydrogens is 477 g/mol. The molecule has 144 valence electrons. The molecule has 0 spiro atoms. The maximum absolute atomic E-state index is 13.6. The minimum Gasteiger partial charge on any atom is -0.346 e. The van der Waals surface area contributed by atoms with E-state index in [-0.39, 0.29) is 28.1 Å². The van der Waals surface area contributed by atoms with Crippen LogP contribution in [-0.4, -0.2) is 20.5 Å². The number of halogens is 4. The summed E-state index contributed by atoms with van der Waals surface area (Å²) < 4.78 is 41.6. The third kappa shape index (κ3) is 3.56. The van der Waals surface area contributed by atoms with Crippen LogP contribution in [0.3, 0.4) is 0 Å². The summed E-state index contributed by atoms with van der Waals surface area (Å²) in [5, 5.41) is 10.2. The predicted octanol–water partition coefficient (Wildman–Crippen LogP) is 5.23. The maximum Gasteiger partial charge on any atom is 0.433 e. The van der Waals surface area contributed by atoms with Gasteiger partial charge in [-0.05, 0) is 44.9 Å². The van der Waals surface area contributed by atoms with Gasteiger partial charge in [0, 0.05) is 4.88 Å². The summed E-state index contributed by atoms with van der Waals surface area (Å²) in [5.74, 6) is -0.587. The lowest BCUT2D eigenvalue weighted by Crippen LogP contribution is -2.23. The van der Waals surface area contributed by atoms with Crippen LogP contribution < -0.4 is 5.32 Å². The van der Waals surface area contributed by atoms with E-state index in [9.17, 15) is 18.0 Å². The highest BCUT2D eigenvalue weighted by Crippen LogP contribution is 2.35. The van der Waals surface area contributed by atoms with E-state index in [1.54, 1.807) is 17.5 Å². The molecule has 5 nitrogen and oxygen atoms in total. The molecule has 4 aromatic heterocycles. The molecule has 0 aliphatic heterocycles. The zero-order chi connectivity index (χ0) is 19.9. The van der Waals surface area contributed by atoms with Crippen LogP contribution in [0.1, 0.15) is 21.1 Å². The Morgan fingerprint density at radius 2 is 1.96 bits per heavy atom. The number of thiophene rings is 2. The first-order valence-corrected chi connectivity index (χ1v) is 10.4. The van der Waals surface area contributed by atoms with Gasteiger partial charge in [0.15, 0.2) is 17.0 Å². The SMILES string of the molecule is O=C(NCc1cccs1)c1nn2c(C(F)(F)F)cc(-c3cccs3)nc2c1Br. The van der Waals surface area contributed by atoms with Crippen LogP contribution in [-0.2, 0) is 12.7 Å². The molecule has 0 aliphatic rings. The molecule has 0 atom stereocenters. The van der Waals surface area contributed by atoms with Gasteiger partial charge >= 0.3 is 6.18 Å². The molecule has 0 unspecified atom stereocenters. The number of carbonyl (C=O) groups is 1. The van der Waals surface area contributed by atoms with Gasteiger partial charge < -0.3 is 5.32 Å². The van der Waals surface area contributed by atoms with E-state index in [0.717, 1.165) is 10.9 Å². The Hall–Kier alpha value is -2.24. The van der Waals surface area contributed by atoms with E-state index >= 15 is 0 Å². The summed E-state index contributed by atoms with van der Waals surface area (Å²) in [7, 11) is 0. The summed E-state index contributed by atoms with van der Waals surface area (Å²) in [6.45, 7) is 0.261. The minimum absolute atomic E-state index is 0.0699. The monoisotopic (exact) mass is 486 g/mol. The summed E-state index contributed by atoms with van der Waals surface area (Å²) in [6.07, 6.45) is -4.66. The lowest BCUT2D eigenvalue weighted by molar-refractivity contribution is -0.142. The van der Waals surface area contributed by atoms with Gasteiger partial charge in [-0.1, -0.05) is 12.1 Å². The fourth-order valence-electron chi connectivity index (χ4n) is 2.55. The van der Waals surface area contributed by atoms with Crippen molar-refractivity contribution >= 4 is 50.2 Å². The normalized spacial score (nSPS) is 11.9. The Kier molecular flexibility index (Phi) is 4.98. The highest BCUT2D eigenvalue weighted by molar-refractivity contribution is 9.10. The standard InChI is InChI=1S/C17H10BrF3N4OS2/c18-13-14(16(26)22-8-9-3-1-5-27-9)24-25-12(17(19,20)21)7-10(23-15(13)25)11-4-2-6-28-11/h1-7H,8H2,(H,22,26). The number of fused-ring (bicyclic) bond motifs is 1. The summed E-state index contributed by atoms with van der Waals surface area (Å²) in [4.78, 5) is 18.3. The molecule has 11 heteroatoms. The van der Waals surface area contributed by atoms with Crippen molar-refractivity contribution in [1.29, 1.82) is 0 Å². The van der Waals surface area contributed by atoms with Crippen molar-refractivity contribution in [3.05, 3.63) is 61.8 Å². The molecule has 0 saturated heterocycles. The molecule has 0 saturated carbocycles. The molecule has 0 aliphatic carbocycles. The van der Waals surface area contributed by atoms with E-state index in [4.69, 9.17) is 0 Å². The molecule has 0 radical (unpaired) electrons. The van der Waals surface area contributed by atoms with Crippen molar-refractivity contribution in [3.63, 3.8) is 0 Å². The number of carbonyl (C=O) groups excluding carboxylic acids is 1. The highest BCUT2D eigenvalue weighted by atomic mass is 79.9. The number of nitrogens with zero attached hydrogens (tertiary/aromatic N) is 3. The van der Waals surface area contributed by atoms with Crippen LogP contribution in [0.5, 0.6) is 0 Å². The fourth-order valence-corrected chi connectivity index (χ4v) is 4.40. The molecule has 0 aromatic carbocycles. The van der Waals surface area contributed by atoms with Crippen molar-refractivity contribution in [2.75, 3.05) is 0 Å². The lowest BCUT2D eigenvalue weighted by atomic mass is 10.2. The largest absolute Gasteiger partial charge is 0.433 e. The third-order valence-corrected chi connectivity index (χ3v) is 6.31. The van der Waals surface area contributed by atoms with Crippen LogP contribution in [0.25, 0.3) is 16.2 Å². The van der Waals surface area contributed by atoms with Gasteiger partial charge in [-0.3, -0.25) is 4.79 Å². The first kappa shape index (κ1) is 19.1. The van der Waals surface area contributed by atoms with Crippen LogP contribution in [0.4, 0.5) is 13.2 Å². The topological polar surface area (TPSA) is 59.3 Å². The minimum atomic E-state index is -4.66. The van der Waals surface area contributed by atoms with Gasteiger partial charge in [-0.2, -0.15) is 18.3 Å². The Morgan fingerprint density at radius 3 is 2.61 bits per heavy atom. The second kappa shape index (κ2) is 7.30. The van der Waals surface area contributed by atoms with Crippen LogP contribution in [0.15, 0.2) is 45.6 Å². The molecule has 4 rings (SSSR count). The molecule has 0 fully saturated rings. The molecule has 1 N–H and O–H groups in total. The number of rotatable bonds is 4. The third-order valence-electron chi connectivity index (χ3n) is 3.82. The quantitative estimate of drug-likeness (QED) is 0.429. The fraction of sp³-hybridized carbons (Fsp3) is 0.118. The Labute approximate surface area is 173 Å². The number of amides is 1. The molecule has 1 amide bonds. The first-order chi connectivity index (χ1) is 13.3. The van der Waals surface area contributed by atoms with Gasteiger partial charge in [-0.25, -0.2) is 9.50 Å². The Bertz CT molecular complexity index is 1140. The Morgan fingerprint density at radius 1 is 1.21 bits per heavy atom. The maximum atomic E-state index is 13.6. The van der Waals surface area contributed by atoms with Gasteiger partial charge in [-0.15, -0.1) is 22.7 Å². The smallest absolute Gasteiger partial charge is 0.346 e. The average Bonchev–Trinajstić information content (AvgIpc) is 3.40. The van der Waals surface area contributed by atoms with Crippen molar-refractivity contribution in [2.24, 2.45) is 0 Å². The van der Waals surface area contributed by atoms with E-state index < -0.39 is 17.8 Å². The summed E-state index contributed by atoms with van der Waals surface area (Å²) in [6, 6.07) is 8.04.